The molecule has 2 aromatic rings. The molecule has 126 valence electrons. The van der Waals surface area contributed by atoms with Crippen LogP contribution in [0.25, 0.3) is 6.08 Å². The number of ether oxygens (including phenoxy) is 1. The van der Waals surface area contributed by atoms with Crippen molar-refractivity contribution < 1.29 is 14.5 Å². The van der Waals surface area contributed by atoms with Crippen LogP contribution >= 0.6 is 0 Å². The van der Waals surface area contributed by atoms with Crippen LogP contribution in [0.15, 0.2) is 54.1 Å². The maximum atomic E-state index is 12.2. The number of carbonyl (C=O) groups is 1. The number of hydrogen-bond acceptors (Lipinski definition) is 5. The van der Waals surface area contributed by atoms with Crippen LogP contribution in [0.4, 0.5) is 11.4 Å². The van der Waals surface area contributed by atoms with Gasteiger partial charge in [-0.3, -0.25) is 14.9 Å². The Balaban J connectivity index is 2.21. The normalized spacial score (nSPS) is 10.6. The first kappa shape index (κ1) is 17.7. The third-order valence-electron chi connectivity index (χ3n) is 3.16. The molecule has 0 aliphatic heterocycles. The molecule has 0 saturated carbocycles. The molecular weight excluding hydrogens is 322 g/mol. The van der Waals surface area contributed by atoms with Gasteiger partial charge in [0.1, 0.15) is 17.4 Å². The second-order valence-corrected chi connectivity index (χ2v) is 4.94. The lowest BCUT2D eigenvalue weighted by Crippen LogP contribution is -2.13. The summed E-state index contributed by atoms with van der Waals surface area (Å²) in [5.41, 5.74) is 0.602. The summed E-state index contributed by atoms with van der Waals surface area (Å²) in [4.78, 5) is 22.4. The fourth-order valence-electron chi connectivity index (χ4n) is 2.07. The number of nitrogens with zero attached hydrogens (tertiary/aromatic N) is 2. The van der Waals surface area contributed by atoms with Crippen molar-refractivity contribution >= 4 is 23.4 Å². The van der Waals surface area contributed by atoms with Crippen LogP contribution < -0.4 is 10.1 Å². The van der Waals surface area contributed by atoms with Crippen LogP contribution in [0, 0.1) is 21.4 Å². The van der Waals surface area contributed by atoms with E-state index in [1.807, 2.05) is 13.0 Å². The minimum absolute atomic E-state index is 0.125. The number of nitrogens with one attached hydrogen (secondary N) is 1. The molecule has 0 atom stereocenters. The number of anilines is 1. The predicted molar refractivity (Wildman–Crippen MR) is 92.9 cm³/mol. The number of nitriles is 1. The van der Waals surface area contributed by atoms with Gasteiger partial charge >= 0.3 is 0 Å². The molecule has 1 amide bonds. The Morgan fingerprint density at radius 3 is 2.76 bits per heavy atom. The number of nitro groups is 1. The van der Waals surface area contributed by atoms with E-state index in [0.29, 0.717) is 17.9 Å². The van der Waals surface area contributed by atoms with Gasteiger partial charge in [0, 0.05) is 17.8 Å². The molecule has 0 spiro atoms. The monoisotopic (exact) mass is 337 g/mol. The van der Waals surface area contributed by atoms with Crippen LogP contribution in [-0.2, 0) is 4.79 Å². The molecular formula is C18H15N3O4. The van der Waals surface area contributed by atoms with Crippen molar-refractivity contribution in [2.24, 2.45) is 0 Å². The van der Waals surface area contributed by atoms with Gasteiger partial charge in [0.25, 0.3) is 11.6 Å². The molecule has 2 rings (SSSR count). The third-order valence-corrected chi connectivity index (χ3v) is 3.16. The minimum atomic E-state index is -0.648. The van der Waals surface area contributed by atoms with E-state index in [2.05, 4.69) is 5.32 Å². The van der Waals surface area contributed by atoms with Gasteiger partial charge in [0.2, 0.25) is 0 Å². The largest absolute Gasteiger partial charge is 0.494 e. The highest BCUT2D eigenvalue weighted by Crippen LogP contribution is 2.19. The molecule has 0 radical (unpaired) electrons. The maximum absolute atomic E-state index is 12.2. The Kier molecular flexibility index (Phi) is 5.85. The molecule has 0 fully saturated rings. The number of benzene rings is 2. The molecule has 1 N–H and O–H groups in total. The van der Waals surface area contributed by atoms with Crippen molar-refractivity contribution in [1.29, 1.82) is 5.26 Å². The first-order valence-corrected chi connectivity index (χ1v) is 7.44. The Hall–Kier alpha value is -3.66. The van der Waals surface area contributed by atoms with Crippen LogP contribution in [-0.4, -0.2) is 17.4 Å². The van der Waals surface area contributed by atoms with Gasteiger partial charge in [-0.1, -0.05) is 18.2 Å². The van der Waals surface area contributed by atoms with E-state index in [1.54, 1.807) is 24.3 Å². The molecule has 0 saturated heterocycles. The molecule has 25 heavy (non-hydrogen) atoms. The third kappa shape index (κ3) is 4.91. The first-order valence-electron chi connectivity index (χ1n) is 7.44. The van der Waals surface area contributed by atoms with Crippen LogP contribution in [0.3, 0.4) is 0 Å². The number of hydrogen-bond donors (Lipinski definition) is 1. The van der Waals surface area contributed by atoms with Crippen molar-refractivity contribution in [2.45, 2.75) is 6.92 Å². The second kappa shape index (κ2) is 8.26. The molecule has 0 heterocycles. The Morgan fingerprint density at radius 2 is 2.08 bits per heavy atom. The SMILES string of the molecule is CCOc1cccc(/C=C(\C#N)C(=O)Nc2cccc([N+](=O)[O-])c2)c1. The predicted octanol–water partition coefficient (Wildman–Crippen LogP) is 3.54. The van der Waals surface area contributed by atoms with Crippen LogP contribution in [0.2, 0.25) is 0 Å². The average molecular weight is 337 g/mol. The van der Waals surface area contributed by atoms with Gasteiger partial charge in [-0.05, 0) is 36.8 Å². The number of rotatable bonds is 6. The van der Waals surface area contributed by atoms with Crippen LogP contribution in [0.1, 0.15) is 12.5 Å². The number of amides is 1. The smallest absolute Gasteiger partial charge is 0.271 e. The van der Waals surface area contributed by atoms with E-state index >= 15 is 0 Å². The zero-order chi connectivity index (χ0) is 18.2. The summed E-state index contributed by atoms with van der Waals surface area (Å²) < 4.78 is 5.38. The number of nitro benzene ring substituents is 1. The van der Waals surface area contributed by atoms with Crippen molar-refractivity contribution in [1.82, 2.24) is 0 Å². The topological polar surface area (TPSA) is 105 Å². The van der Waals surface area contributed by atoms with E-state index in [4.69, 9.17) is 4.74 Å². The fourth-order valence-corrected chi connectivity index (χ4v) is 2.07. The van der Waals surface area contributed by atoms with E-state index in [-0.39, 0.29) is 16.9 Å². The lowest BCUT2D eigenvalue weighted by molar-refractivity contribution is -0.384. The van der Waals surface area contributed by atoms with Gasteiger partial charge in [0.05, 0.1) is 11.5 Å². The molecule has 0 unspecified atom stereocenters. The van der Waals surface area contributed by atoms with Gasteiger partial charge < -0.3 is 10.1 Å². The molecule has 7 heteroatoms. The van der Waals surface area contributed by atoms with Gasteiger partial charge in [-0.2, -0.15) is 5.26 Å². The zero-order valence-corrected chi connectivity index (χ0v) is 13.4. The van der Waals surface area contributed by atoms with E-state index in [0.717, 1.165) is 0 Å². The minimum Gasteiger partial charge on any atom is -0.494 e. The van der Waals surface area contributed by atoms with Gasteiger partial charge in [-0.15, -0.1) is 0 Å². The van der Waals surface area contributed by atoms with Crippen molar-refractivity contribution in [3.05, 3.63) is 69.8 Å². The van der Waals surface area contributed by atoms with Crippen molar-refractivity contribution in [3.8, 4) is 11.8 Å². The van der Waals surface area contributed by atoms with Crippen molar-refractivity contribution in [3.63, 3.8) is 0 Å². The second-order valence-electron chi connectivity index (χ2n) is 4.94. The van der Waals surface area contributed by atoms with E-state index in [1.165, 1.54) is 30.3 Å². The summed E-state index contributed by atoms with van der Waals surface area (Å²) in [6.07, 6.45) is 1.43. The highest BCUT2D eigenvalue weighted by Gasteiger charge is 2.12. The molecule has 2 aromatic carbocycles. The molecule has 0 bridgehead atoms. The molecule has 0 aliphatic carbocycles. The standard InChI is InChI=1S/C18H15N3O4/c1-2-25-17-8-3-5-13(10-17)9-14(12-19)18(22)20-15-6-4-7-16(11-15)21(23)24/h3-11H,2H2,1H3,(H,20,22)/b14-9+. The highest BCUT2D eigenvalue weighted by molar-refractivity contribution is 6.09. The summed E-state index contributed by atoms with van der Waals surface area (Å²) in [6, 6.07) is 14.3. The number of non-ortho nitro benzene ring substituents is 1. The molecule has 0 aliphatic rings. The van der Waals surface area contributed by atoms with Gasteiger partial charge in [-0.25, -0.2) is 0 Å². The molecule has 0 aromatic heterocycles. The summed E-state index contributed by atoms with van der Waals surface area (Å²) in [5.74, 6) is -0.0163. The van der Waals surface area contributed by atoms with Crippen LogP contribution in [0.5, 0.6) is 5.75 Å². The zero-order valence-electron chi connectivity index (χ0n) is 13.4. The lowest BCUT2D eigenvalue weighted by Gasteiger charge is -2.05. The first-order chi connectivity index (χ1) is 12.0. The average Bonchev–Trinajstić information content (AvgIpc) is 2.60. The summed E-state index contributed by atoms with van der Waals surface area (Å²) >= 11 is 0. The van der Waals surface area contributed by atoms with Crippen molar-refractivity contribution in [2.75, 3.05) is 11.9 Å². The summed E-state index contributed by atoms with van der Waals surface area (Å²) in [7, 11) is 0. The van der Waals surface area contributed by atoms with E-state index in [9.17, 15) is 20.2 Å². The maximum Gasteiger partial charge on any atom is 0.271 e. The number of carbonyl (C=O) groups excluding carboxylic acids is 1. The Bertz CT molecular complexity index is 869. The highest BCUT2D eigenvalue weighted by atomic mass is 16.6. The van der Waals surface area contributed by atoms with E-state index < -0.39 is 10.8 Å². The Labute approximate surface area is 144 Å². The Morgan fingerprint density at radius 1 is 1.32 bits per heavy atom. The molecule has 7 nitrogen and oxygen atoms in total. The summed E-state index contributed by atoms with van der Waals surface area (Å²) in [5, 5.41) is 22.5. The fraction of sp³-hybridized carbons (Fsp3) is 0.111. The lowest BCUT2D eigenvalue weighted by atomic mass is 10.1. The van der Waals surface area contributed by atoms with Gasteiger partial charge in [0.15, 0.2) is 0 Å². The summed E-state index contributed by atoms with van der Waals surface area (Å²) in [6.45, 7) is 2.36. The quantitative estimate of drug-likeness (QED) is 0.375.